The molecule has 2 atom stereocenters. The number of phosphoric ester groups is 1. The van der Waals surface area contributed by atoms with E-state index in [1.807, 2.05) is 0 Å². The van der Waals surface area contributed by atoms with Crippen molar-refractivity contribution in [2.24, 2.45) is 5.11 Å². The molecule has 1 rings (SSSR count). The van der Waals surface area contributed by atoms with E-state index in [4.69, 9.17) is 5.53 Å². The normalized spacial score (nSPS) is 15.7. The van der Waals surface area contributed by atoms with Crippen molar-refractivity contribution in [2.75, 3.05) is 18.5 Å². The number of nitro benzene ring substituents is 1. The van der Waals surface area contributed by atoms with E-state index in [1.54, 1.807) is 0 Å². The summed E-state index contributed by atoms with van der Waals surface area (Å²) >= 11 is 0. The van der Waals surface area contributed by atoms with Gasteiger partial charge in [0.1, 0.15) is 5.69 Å². The first-order valence-electron chi connectivity index (χ1n) is 6.53. The van der Waals surface area contributed by atoms with Gasteiger partial charge in [0, 0.05) is 23.2 Å². The number of rotatable bonds is 11. The molecule has 0 aromatic heterocycles. The molecule has 0 amide bonds. The van der Waals surface area contributed by atoms with E-state index < -0.39 is 47.2 Å². The van der Waals surface area contributed by atoms with E-state index in [0.717, 1.165) is 12.1 Å². The van der Waals surface area contributed by atoms with Gasteiger partial charge in [-0.25, -0.2) is 4.31 Å². The average Bonchev–Trinajstić information content (AvgIpc) is 2.49. The Kier molecular flexibility index (Phi) is 8.26. The number of phosphoric acid groups is 3. The highest BCUT2D eigenvalue weighted by Gasteiger charge is 2.21. The Morgan fingerprint density at radius 2 is 1.79 bits per heavy atom. The predicted octanol–water partition coefficient (Wildman–Crippen LogP) is -0.236. The highest BCUT2D eigenvalue weighted by Crippen LogP contribution is 2.60. The molecule has 0 aliphatic heterocycles. The standard InChI is InChI=1S/C8H12N5O12P3/c9-12-11-6-1-2-7(8(5-6)13(14)15)10-3-4-23-27(19,20)25-28(21,22)24-26(16,17)18/h1-2,5,10H,3-4H2,(H,19,20)(H,21,22)(H2,16,17,18)/p-4. The van der Waals surface area contributed by atoms with Crippen molar-refractivity contribution < 1.29 is 51.3 Å². The summed E-state index contributed by atoms with van der Waals surface area (Å²) in [5, 5.41) is 16.5. The van der Waals surface area contributed by atoms with Gasteiger partial charge in [0.15, 0.2) is 0 Å². The Morgan fingerprint density at radius 3 is 2.32 bits per heavy atom. The van der Waals surface area contributed by atoms with E-state index >= 15 is 0 Å². The molecule has 0 spiro atoms. The van der Waals surface area contributed by atoms with E-state index in [-0.39, 0.29) is 11.4 Å². The molecule has 1 aromatic carbocycles. The van der Waals surface area contributed by atoms with E-state index in [2.05, 4.69) is 28.5 Å². The minimum Gasteiger partial charge on any atom is -0.790 e. The Bertz CT molecular complexity index is 926. The van der Waals surface area contributed by atoms with Gasteiger partial charge in [-0.1, -0.05) is 11.2 Å². The van der Waals surface area contributed by atoms with E-state index in [1.165, 1.54) is 6.07 Å². The van der Waals surface area contributed by atoms with Crippen molar-refractivity contribution in [1.29, 1.82) is 0 Å². The molecule has 1 N–H and O–H groups in total. The molecule has 0 saturated carbocycles. The molecule has 0 heterocycles. The minimum absolute atomic E-state index is 0.0614. The Labute approximate surface area is 155 Å². The fraction of sp³-hybridized carbons (Fsp3) is 0.250. The summed E-state index contributed by atoms with van der Waals surface area (Å²) in [7, 11) is -17.8. The second-order valence-electron chi connectivity index (χ2n) is 4.41. The van der Waals surface area contributed by atoms with Gasteiger partial charge >= 0.3 is 0 Å². The first-order chi connectivity index (χ1) is 12.7. The van der Waals surface area contributed by atoms with Crippen LogP contribution in [0.1, 0.15) is 0 Å². The Balaban J connectivity index is 2.68. The zero-order valence-electron chi connectivity index (χ0n) is 13.2. The molecule has 1 aromatic rings. The number of azide groups is 1. The van der Waals surface area contributed by atoms with Crippen LogP contribution in [0.2, 0.25) is 0 Å². The lowest BCUT2D eigenvalue weighted by molar-refractivity contribution is -0.383. The Morgan fingerprint density at radius 1 is 1.14 bits per heavy atom. The fourth-order valence-electron chi connectivity index (χ4n) is 1.56. The van der Waals surface area contributed by atoms with Crippen LogP contribution >= 0.6 is 23.5 Å². The van der Waals surface area contributed by atoms with Gasteiger partial charge in [0.25, 0.3) is 21.3 Å². The van der Waals surface area contributed by atoms with Gasteiger partial charge in [-0.15, -0.1) is 0 Å². The topological polar surface area (TPSA) is 275 Å². The van der Waals surface area contributed by atoms with Crippen LogP contribution in [0, 0.1) is 10.1 Å². The lowest BCUT2D eigenvalue weighted by Gasteiger charge is -2.37. The third-order valence-electron chi connectivity index (χ3n) is 2.41. The molecule has 28 heavy (non-hydrogen) atoms. The van der Waals surface area contributed by atoms with Crippen LogP contribution in [-0.4, -0.2) is 18.1 Å². The van der Waals surface area contributed by atoms with Gasteiger partial charge in [0.2, 0.25) is 0 Å². The van der Waals surface area contributed by atoms with Crippen molar-refractivity contribution in [3.8, 4) is 0 Å². The number of nitro groups is 1. The first kappa shape index (κ1) is 24.2. The summed E-state index contributed by atoms with van der Waals surface area (Å²) in [6, 6.07) is 3.29. The van der Waals surface area contributed by atoms with Crippen LogP contribution in [0.25, 0.3) is 10.4 Å². The molecule has 2 unspecified atom stereocenters. The summed E-state index contributed by atoms with van der Waals surface area (Å²) in [6.07, 6.45) is 0. The number of nitrogens with zero attached hydrogens (tertiary/aromatic N) is 4. The molecule has 0 bridgehead atoms. The van der Waals surface area contributed by atoms with E-state index in [9.17, 15) is 43.4 Å². The van der Waals surface area contributed by atoms with Gasteiger partial charge < -0.3 is 34.0 Å². The molecular weight excluding hydrogens is 451 g/mol. The number of anilines is 1. The van der Waals surface area contributed by atoms with Crippen molar-refractivity contribution in [3.05, 3.63) is 38.8 Å². The maximum atomic E-state index is 11.3. The summed E-state index contributed by atoms with van der Waals surface area (Å²) in [5.41, 5.74) is 7.59. The number of nitrogens with one attached hydrogen (secondary N) is 1. The second-order valence-corrected chi connectivity index (χ2v) is 8.66. The predicted molar refractivity (Wildman–Crippen MR) is 81.3 cm³/mol. The van der Waals surface area contributed by atoms with E-state index in [0.29, 0.717) is 0 Å². The Hall–Kier alpha value is -1.86. The molecule has 0 radical (unpaired) electrons. The van der Waals surface area contributed by atoms with Crippen LogP contribution in [0.5, 0.6) is 0 Å². The van der Waals surface area contributed by atoms with Gasteiger partial charge in [-0.3, -0.25) is 23.6 Å². The zero-order valence-corrected chi connectivity index (χ0v) is 15.9. The van der Waals surface area contributed by atoms with Gasteiger partial charge in [0.05, 0.1) is 19.4 Å². The third-order valence-corrected chi connectivity index (χ3v) is 6.10. The van der Waals surface area contributed by atoms with Crippen molar-refractivity contribution >= 4 is 40.5 Å². The van der Waals surface area contributed by atoms with Gasteiger partial charge in [-0.05, 0) is 11.6 Å². The largest absolute Gasteiger partial charge is 0.790 e. The summed E-state index contributed by atoms with van der Waals surface area (Å²) in [4.78, 5) is 55.2. The average molecular weight is 459 g/mol. The summed E-state index contributed by atoms with van der Waals surface area (Å²) < 4.78 is 42.8. The van der Waals surface area contributed by atoms with Crippen LogP contribution in [-0.2, 0) is 26.8 Å². The lowest BCUT2D eigenvalue weighted by Crippen LogP contribution is -2.21. The molecule has 20 heteroatoms. The number of hydrogen-bond donors (Lipinski definition) is 1. The highest BCUT2D eigenvalue weighted by molar-refractivity contribution is 7.64. The van der Waals surface area contributed by atoms with Crippen LogP contribution in [0.4, 0.5) is 17.1 Å². The molecular formula is C8H8N5O12P3-4. The van der Waals surface area contributed by atoms with Crippen LogP contribution < -0.4 is 24.9 Å². The van der Waals surface area contributed by atoms with Crippen LogP contribution in [0.3, 0.4) is 0 Å². The monoisotopic (exact) mass is 459 g/mol. The minimum atomic E-state index is -6.09. The van der Waals surface area contributed by atoms with Gasteiger partial charge in [-0.2, -0.15) is 0 Å². The maximum Gasteiger partial charge on any atom is 0.292 e. The SMILES string of the molecule is [N-]=[N+]=Nc1ccc(NCCOP(=O)([O-])OP(=O)([O-])OP(=O)([O-])[O-])c([N+](=O)[O-])c1. The quantitative estimate of drug-likeness (QED) is 0.0851. The van der Waals surface area contributed by atoms with Crippen LogP contribution in [0.15, 0.2) is 23.3 Å². The van der Waals surface area contributed by atoms with Crippen molar-refractivity contribution in [3.63, 3.8) is 0 Å². The number of hydrogen-bond acceptors (Lipinski definition) is 14. The highest BCUT2D eigenvalue weighted by atomic mass is 31.3. The maximum absolute atomic E-state index is 11.3. The van der Waals surface area contributed by atoms with Crippen molar-refractivity contribution in [2.45, 2.75) is 0 Å². The first-order valence-corrected chi connectivity index (χ1v) is 10.9. The molecule has 0 fully saturated rings. The molecule has 0 aliphatic rings. The molecule has 156 valence electrons. The molecule has 17 nitrogen and oxygen atoms in total. The fourth-order valence-corrected chi connectivity index (χ4v) is 4.41. The molecule has 0 saturated heterocycles. The number of benzene rings is 1. The van der Waals surface area contributed by atoms with Crippen molar-refractivity contribution in [1.82, 2.24) is 0 Å². The third kappa shape index (κ3) is 8.89. The zero-order chi connectivity index (χ0) is 21.6. The lowest BCUT2D eigenvalue weighted by atomic mass is 10.2. The summed E-state index contributed by atoms with van der Waals surface area (Å²) in [6.45, 7) is -1.24. The molecule has 0 aliphatic carbocycles. The second kappa shape index (κ2) is 9.56. The smallest absolute Gasteiger partial charge is 0.292 e. The summed E-state index contributed by atoms with van der Waals surface area (Å²) in [5.74, 6) is 0.